The van der Waals surface area contributed by atoms with Crippen LogP contribution in [-0.2, 0) is 0 Å². The monoisotopic (exact) mass is 294 g/mol. The maximum atomic E-state index is 12.2. The summed E-state index contributed by atoms with van der Waals surface area (Å²) in [5.74, 6) is 0.00602. The molecule has 5 heteroatoms. The van der Waals surface area contributed by atoms with Crippen molar-refractivity contribution in [2.45, 2.75) is 39.7 Å². The van der Waals surface area contributed by atoms with Crippen LogP contribution < -0.4 is 5.32 Å². The van der Waals surface area contributed by atoms with Crippen LogP contribution in [0.5, 0.6) is 0 Å². The van der Waals surface area contributed by atoms with Crippen LogP contribution in [0.25, 0.3) is 9.88 Å². The second-order valence-corrected chi connectivity index (χ2v) is 6.34. The van der Waals surface area contributed by atoms with Gasteiger partial charge in [0.05, 0.1) is 10.6 Å². The Morgan fingerprint density at radius 3 is 2.74 bits per heavy atom. The third-order valence-electron chi connectivity index (χ3n) is 3.06. The molecule has 0 atom stereocenters. The molecule has 0 aliphatic rings. The van der Waals surface area contributed by atoms with Crippen LogP contribution in [0.1, 0.15) is 42.1 Å². The minimum absolute atomic E-state index is 0.00602. The van der Waals surface area contributed by atoms with Crippen LogP contribution in [0, 0.1) is 6.92 Å². The van der Waals surface area contributed by atoms with Crippen molar-refractivity contribution in [2.24, 2.45) is 0 Å². The molecule has 1 N–H and O–H groups in total. The van der Waals surface area contributed by atoms with Gasteiger partial charge in [0.25, 0.3) is 5.91 Å². The molecule has 0 saturated heterocycles. The van der Waals surface area contributed by atoms with E-state index in [1.807, 2.05) is 24.4 Å². The van der Waals surface area contributed by atoms with Gasteiger partial charge in [-0.05, 0) is 31.2 Å². The van der Waals surface area contributed by atoms with Crippen molar-refractivity contribution in [1.29, 1.82) is 0 Å². The van der Waals surface area contributed by atoms with Crippen LogP contribution in [0.15, 0.2) is 17.5 Å². The predicted molar refractivity (Wildman–Crippen MR) is 82.0 cm³/mol. The molecule has 0 aliphatic carbocycles. The van der Waals surface area contributed by atoms with E-state index in [2.05, 4.69) is 24.1 Å². The predicted octanol–water partition coefficient (Wildman–Crippen LogP) is 4.10. The van der Waals surface area contributed by atoms with Gasteiger partial charge in [-0.3, -0.25) is 4.79 Å². The van der Waals surface area contributed by atoms with Crippen molar-refractivity contribution in [3.05, 3.63) is 28.1 Å². The summed E-state index contributed by atoms with van der Waals surface area (Å²) in [6.45, 7) is 6.07. The van der Waals surface area contributed by atoms with Gasteiger partial charge in [0.15, 0.2) is 0 Å². The number of aryl methyl sites for hydroxylation is 1. The number of thiophene rings is 1. The Hall–Kier alpha value is -1.20. The highest BCUT2D eigenvalue weighted by Crippen LogP contribution is 2.31. The molecule has 0 unspecified atom stereocenters. The molecule has 2 rings (SSSR count). The van der Waals surface area contributed by atoms with Crippen molar-refractivity contribution in [3.8, 4) is 9.88 Å². The van der Waals surface area contributed by atoms with E-state index in [-0.39, 0.29) is 11.9 Å². The average molecular weight is 294 g/mol. The average Bonchev–Trinajstić information content (AvgIpc) is 3.04. The van der Waals surface area contributed by atoms with E-state index in [1.54, 1.807) is 11.3 Å². The van der Waals surface area contributed by atoms with E-state index in [4.69, 9.17) is 0 Å². The number of carbonyl (C=O) groups is 1. The van der Waals surface area contributed by atoms with Crippen LogP contribution in [0.2, 0.25) is 0 Å². The molecular weight excluding hydrogens is 276 g/mol. The van der Waals surface area contributed by atoms with E-state index < -0.39 is 0 Å². The van der Waals surface area contributed by atoms with E-state index in [0.717, 1.165) is 33.3 Å². The summed E-state index contributed by atoms with van der Waals surface area (Å²) in [4.78, 5) is 18.6. The van der Waals surface area contributed by atoms with Gasteiger partial charge in [-0.15, -0.1) is 22.7 Å². The number of aromatic nitrogens is 1. The first-order valence-electron chi connectivity index (χ1n) is 6.47. The molecular formula is C14H18N2OS2. The number of hydrogen-bond acceptors (Lipinski definition) is 4. The van der Waals surface area contributed by atoms with Gasteiger partial charge in [-0.2, -0.15) is 0 Å². The summed E-state index contributed by atoms with van der Waals surface area (Å²) >= 11 is 3.12. The van der Waals surface area contributed by atoms with Crippen molar-refractivity contribution in [1.82, 2.24) is 10.3 Å². The normalized spacial score (nSPS) is 10.9. The third kappa shape index (κ3) is 3.22. The summed E-state index contributed by atoms with van der Waals surface area (Å²) in [5.41, 5.74) is 0.817. The van der Waals surface area contributed by atoms with Gasteiger partial charge < -0.3 is 5.32 Å². The zero-order valence-corrected chi connectivity index (χ0v) is 13.0. The molecule has 0 spiro atoms. The fraction of sp³-hybridized carbons (Fsp3) is 0.429. The summed E-state index contributed by atoms with van der Waals surface area (Å²) in [6, 6.07) is 4.28. The van der Waals surface area contributed by atoms with Crippen LogP contribution in [0.3, 0.4) is 0 Å². The van der Waals surface area contributed by atoms with E-state index in [0.29, 0.717) is 0 Å². The molecule has 0 radical (unpaired) electrons. The second-order valence-electron chi connectivity index (χ2n) is 4.40. The molecule has 0 saturated carbocycles. The van der Waals surface area contributed by atoms with Crippen LogP contribution in [-0.4, -0.2) is 16.9 Å². The molecule has 0 fully saturated rings. The molecule has 0 aliphatic heterocycles. The highest BCUT2D eigenvalue weighted by atomic mass is 32.1. The number of nitrogens with zero attached hydrogens (tertiary/aromatic N) is 1. The summed E-state index contributed by atoms with van der Waals surface area (Å²) in [5, 5.41) is 6.02. The number of rotatable bonds is 5. The van der Waals surface area contributed by atoms with Crippen molar-refractivity contribution < 1.29 is 4.79 Å². The van der Waals surface area contributed by atoms with E-state index in [9.17, 15) is 4.79 Å². The highest BCUT2D eigenvalue weighted by Gasteiger charge is 2.18. The van der Waals surface area contributed by atoms with Gasteiger partial charge >= 0.3 is 0 Å². The number of thiazole rings is 1. The lowest BCUT2D eigenvalue weighted by Crippen LogP contribution is -2.33. The first-order chi connectivity index (χ1) is 9.15. The highest BCUT2D eigenvalue weighted by molar-refractivity contribution is 7.22. The first kappa shape index (κ1) is 14.2. The third-order valence-corrected chi connectivity index (χ3v) is 5.25. The van der Waals surface area contributed by atoms with Gasteiger partial charge in [0.1, 0.15) is 9.88 Å². The number of carbonyl (C=O) groups excluding carboxylic acids is 1. The van der Waals surface area contributed by atoms with Gasteiger partial charge in [0, 0.05) is 6.04 Å². The molecule has 2 aromatic rings. The fourth-order valence-corrected chi connectivity index (χ4v) is 3.62. The smallest absolute Gasteiger partial charge is 0.263 e. The fourth-order valence-electron chi connectivity index (χ4n) is 1.86. The van der Waals surface area contributed by atoms with Gasteiger partial charge in [-0.25, -0.2) is 4.98 Å². The molecule has 3 nitrogen and oxygen atoms in total. The Morgan fingerprint density at radius 2 is 2.16 bits per heavy atom. The topological polar surface area (TPSA) is 42.0 Å². The number of amides is 1. The zero-order valence-electron chi connectivity index (χ0n) is 11.4. The molecule has 0 aromatic carbocycles. The largest absolute Gasteiger partial charge is 0.349 e. The molecule has 0 bridgehead atoms. The molecule has 2 aromatic heterocycles. The van der Waals surface area contributed by atoms with Crippen molar-refractivity contribution in [2.75, 3.05) is 0 Å². The lowest BCUT2D eigenvalue weighted by Gasteiger charge is -2.13. The van der Waals surface area contributed by atoms with Crippen LogP contribution in [0.4, 0.5) is 0 Å². The van der Waals surface area contributed by atoms with E-state index in [1.165, 1.54) is 11.3 Å². The lowest BCUT2D eigenvalue weighted by atomic mass is 10.1. The number of nitrogens with one attached hydrogen (secondary N) is 1. The second kappa shape index (κ2) is 6.30. The number of hydrogen-bond donors (Lipinski definition) is 1. The summed E-state index contributed by atoms with van der Waals surface area (Å²) < 4.78 is 0. The van der Waals surface area contributed by atoms with E-state index >= 15 is 0 Å². The maximum absolute atomic E-state index is 12.2. The summed E-state index contributed by atoms with van der Waals surface area (Å²) in [6.07, 6.45) is 1.91. The lowest BCUT2D eigenvalue weighted by molar-refractivity contribution is 0.0938. The molecule has 1 amide bonds. The Balaban J connectivity index is 2.19. The SMILES string of the molecule is CCC(CC)NC(=O)c1sc(-c2cccs2)nc1C. The summed E-state index contributed by atoms with van der Waals surface area (Å²) in [7, 11) is 0. The first-order valence-corrected chi connectivity index (χ1v) is 8.17. The molecule has 102 valence electrons. The quantitative estimate of drug-likeness (QED) is 0.902. The molecule has 19 heavy (non-hydrogen) atoms. The Kier molecular flexibility index (Phi) is 4.71. The standard InChI is InChI=1S/C14H18N2OS2/c1-4-10(5-2)16-13(17)12-9(3)15-14(19-12)11-7-6-8-18-11/h6-8,10H,4-5H2,1-3H3,(H,16,17). The van der Waals surface area contributed by atoms with Crippen molar-refractivity contribution >= 4 is 28.6 Å². The Morgan fingerprint density at radius 1 is 1.42 bits per heavy atom. The Bertz CT molecular complexity index is 542. The minimum Gasteiger partial charge on any atom is -0.349 e. The Labute approximate surface area is 121 Å². The van der Waals surface area contributed by atoms with Gasteiger partial charge in [0.2, 0.25) is 0 Å². The zero-order chi connectivity index (χ0) is 13.8. The van der Waals surface area contributed by atoms with Crippen LogP contribution >= 0.6 is 22.7 Å². The van der Waals surface area contributed by atoms with Crippen molar-refractivity contribution in [3.63, 3.8) is 0 Å². The maximum Gasteiger partial charge on any atom is 0.263 e. The van der Waals surface area contributed by atoms with Gasteiger partial charge in [-0.1, -0.05) is 19.9 Å². The minimum atomic E-state index is 0.00602. The molecule has 2 heterocycles.